The predicted octanol–water partition coefficient (Wildman–Crippen LogP) is 4.01. The molecule has 2 aromatic carbocycles. The molecule has 0 spiro atoms. The SMILES string of the molecule is COc1ccc(-c2noc(-c3cccn(CC(=O)Nc4ccc(F)cc4Cl)c3=O)n2)cc1OC. The highest BCUT2D eigenvalue weighted by Crippen LogP contribution is 2.31. The summed E-state index contributed by atoms with van der Waals surface area (Å²) in [6.45, 7) is -0.308. The van der Waals surface area contributed by atoms with Gasteiger partial charge in [0.05, 0.1) is 24.9 Å². The van der Waals surface area contributed by atoms with E-state index in [0.29, 0.717) is 17.1 Å². The molecule has 11 heteroatoms. The third-order valence-electron chi connectivity index (χ3n) is 4.84. The summed E-state index contributed by atoms with van der Waals surface area (Å²) < 4.78 is 30.2. The van der Waals surface area contributed by atoms with Crippen LogP contribution in [0, 0.1) is 5.82 Å². The third kappa shape index (κ3) is 4.76. The summed E-state index contributed by atoms with van der Waals surface area (Å²) in [4.78, 5) is 29.7. The van der Waals surface area contributed by atoms with Gasteiger partial charge in [0.25, 0.3) is 11.4 Å². The van der Waals surface area contributed by atoms with Crippen molar-refractivity contribution >= 4 is 23.2 Å². The van der Waals surface area contributed by atoms with Crippen molar-refractivity contribution < 1.29 is 23.2 Å². The van der Waals surface area contributed by atoms with Gasteiger partial charge in [0, 0.05) is 11.8 Å². The van der Waals surface area contributed by atoms with E-state index in [1.165, 1.54) is 43.2 Å². The molecule has 34 heavy (non-hydrogen) atoms. The summed E-state index contributed by atoms with van der Waals surface area (Å²) >= 11 is 5.94. The van der Waals surface area contributed by atoms with Gasteiger partial charge in [0.15, 0.2) is 11.5 Å². The van der Waals surface area contributed by atoms with Crippen molar-refractivity contribution in [2.75, 3.05) is 19.5 Å². The molecule has 0 saturated heterocycles. The summed E-state index contributed by atoms with van der Waals surface area (Å²) in [6, 6.07) is 11.8. The van der Waals surface area contributed by atoms with Gasteiger partial charge in [-0.05, 0) is 48.5 Å². The molecule has 0 unspecified atom stereocenters. The number of carbonyl (C=O) groups excluding carboxylic acids is 1. The van der Waals surface area contributed by atoms with Gasteiger partial charge >= 0.3 is 0 Å². The molecule has 0 bridgehead atoms. The summed E-state index contributed by atoms with van der Waals surface area (Å²) in [5, 5.41) is 6.53. The minimum Gasteiger partial charge on any atom is -0.493 e. The van der Waals surface area contributed by atoms with E-state index in [9.17, 15) is 14.0 Å². The van der Waals surface area contributed by atoms with E-state index in [4.69, 9.17) is 25.6 Å². The Balaban J connectivity index is 1.56. The molecule has 0 aliphatic carbocycles. The van der Waals surface area contributed by atoms with Gasteiger partial charge in [-0.25, -0.2) is 4.39 Å². The maximum absolute atomic E-state index is 13.2. The van der Waals surface area contributed by atoms with Gasteiger partial charge in [-0.3, -0.25) is 9.59 Å². The maximum Gasteiger partial charge on any atom is 0.263 e. The molecule has 0 atom stereocenters. The second-order valence-electron chi connectivity index (χ2n) is 7.02. The van der Waals surface area contributed by atoms with Gasteiger partial charge in [0.1, 0.15) is 17.9 Å². The zero-order valence-electron chi connectivity index (χ0n) is 18.0. The van der Waals surface area contributed by atoms with Crippen molar-refractivity contribution in [1.82, 2.24) is 14.7 Å². The van der Waals surface area contributed by atoms with Crippen LogP contribution in [0.25, 0.3) is 22.8 Å². The lowest BCUT2D eigenvalue weighted by Gasteiger charge is -2.09. The van der Waals surface area contributed by atoms with Crippen molar-refractivity contribution in [3.63, 3.8) is 0 Å². The number of hydrogen-bond acceptors (Lipinski definition) is 7. The Hall–Kier alpha value is -4.18. The lowest BCUT2D eigenvalue weighted by atomic mass is 10.2. The first kappa shape index (κ1) is 23.0. The number of hydrogen-bond donors (Lipinski definition) is 1. The Morgan fingerprint density at radius 2 is 1.94 bits per heavy atom. The fourth-order valence-corrected chi connectivity index (χ4v) is 3.40. The Bertz CT molecular complexity index is 1420. The van der Waals surface area contributed by atoms with Crippen molar-refractivity contribution in [3.05, 3.63) is 75.9 Å². The second kappa shape index (κ2) is 9.75. The van der Waals surface area contributed by atoms with Crippen LogP contribution in [0.15, 0.2) is 64.0 Å². The lowest BCUT2D eigenvalue weighted by Crippen LogP contribution is -2.28. The number of nitrogens with zero attached hydrogens (tertiary/aromatic N) is 3. The van der Waals surface area contributed by atoms with E-state index in [1.54, 1.807) is 24.3 Å². The predicted molar refractivity (Wildman–Crippen MR) is 123 cm³/mol. The van der Waals surface area contributed by atoms with E-state index < -0.39 is 17.3 Å². The lowest BCUT2D eigenvalue weighted by molar-refractivity contribution is -0.116. The number of anilines is 1. The standard InChI is InChI=1S/C23H18ClFN4O5/c1-32-18-8-5-13(10-19(18)33-2)21-27-22(34-28-21)15-4-3-9-29(23(15)31)12-20(30)26-17-7-6-14(25)11-16(17)24/h3-11H,12H2,1-2H3,(H,26,30). The second-order valence-corrected chi connectivity index (χ2v) is 7.43. The zero-order chi connectivity index (χ0) is 24.2. The molecular weight excluding hydrogens is 467 g/mol. The van der Waals surface area contributed by atoms with Crippen LogP contribution in [-0.2, 0) is 11.3 Å². The third-order valence-corrected chi connectivity index (χ3v) is 5.15. The molecule has 4 rings (SSSR count). The normalized spacial score (nSPS) is 10.7. The van der Waals surface area contributed by atoms with Gasteiger partial charge < -0.3 is 23.9 Å². The van der Waals surface area contributed by atoms with Crippen molar-refractivity contribution in [1.29, 1.82) is 0 Å². The Kier molecular flexibility index (Phi) is 6.60. The van der Waals surface area contributed by atoms with Crippen LogP contribution in [0.4, 0.5) is 10.1 Å². The number of rotatable bonds is 7. The smallest absolute Gasteiger partial charge is 0.263 e. The molecule has 0 radical (unpaired) electrons. The molecule has 174 valence electrons. The summed E-state index contributed by atoms with van der Waals surface area (Å²) in [5.41, 5.74) is 0.438. The van der Waals surface area contributed by atoms with Crippen molar-refractivity contribution in [2.24, 2.45) is 0 Å². The summed E-state index contributed by atoms with van der Waals surface area (Å²) in [7, 11) is 3.04. The number of carbonyl (C=O) groups is 1. The Morgan fingerprint density at radius 3 is 2.68 bits per heavy atom. The minimum absolute atomic E-state index is 0.00822. The highest BCUT2D eigenvalue weighted by molar-refractivity contribution is 6.33. The van der Waals surface area contributed by atoms with Gasteiger partial charge in [0.2, 0.25) is 11.7 Å². The quantitative estimate of drug-likeness (QED) is 0.422. The maximum atomic E-state index is 13.2. The monoisotopic (exact) mass is 484 g/mol. The van der Waals surface area contributed by atoms with Crippen molar-refractivity contribution in [2.45, 2.75) is 6.54 Å². The molecular formula is C23H18ClFN4O5. The molecule has 0 saturated carbocycles. The molecule has 0 aliphatic rings. The van der Waals surface area contributed by atoms with Gasteiger partial charge in [-0.1, -0.05) is 16.8 Å². The first-order valence-corrected chi connectivity index (χ1v) is 10.3. The fourth-order valence-electron chi connectivity index (χ4n) is 3.18. The van der Waals surface area contributed by atoms with Crippen LogP contribution < -0.4 is 20.3 Å². The number of aromatic nitrogens is 3. The van der Waals surface area contributed by atoms with E-state index in [1.807, 2.05) is 0 Å². The van der Waals surface area contributed by atoms with E-state index in [2.05, 4.69) is 15.5 Å². The number of ether oxygens (including phenoxy) is 2. The van der Waals surface area contributed by atoms with Crippen LogP contribution in [0.1, 0.15) is 0 Å². The van der Waals surface area contributed by atoms with E-state index >= 15 is 0 Å². The molecule has 4 aromatic rings. The fraction of sp³-hybridized carbons (Fsp3) is 0.130. The highest BCUT2D eigenvalue weighted by Gasteiger charge is 2.17. The summed E-state index contributed by atoms with van der Waals surface area (Å²) in [6.07, 6.45) is 1.45. The molecule has 0 fully saturated rings. The topological polar surface area (TPSA) is 108 Å². The Labute approximate surface area is 197 Å². The van der Waals surface area contributed by atoms with Gasteiger partial charge in [-0.2, -0.15) is 4.98 Å². The number of halogens is 2. The number of amides is 1. The zero-order valence-corrected chi connectivity index (χ0v) is 18.8. The van der Waals surface area contributed by atoms with Crippen molar-refractivity contribution in [3.8, 4) is 34.3 Å². The Morgan fingerprint density at radius 1 is 1.15 bits per heavy atom. The molecule has 0 aliphatic heterocycles. The van der Waals surface area contributed by atoms with Gasteiger partial charge in [-0.15, -0.1) is 0 Å². The molecule has 2 heterocycles. The largest absolute Gasteiger partial charge is 0.493 e. The number of pyridine rings is 1. The average molecular weight is 485 g/mol. The number of nitrogens with one attached hydrogen (secondary N) is 1. The molecule has 1 amide bonds. The first-order valence-electron chi connectivity index (χ1n) is 9.90. The van der Waals surface area contributed by atoms with Crippen LogP contribution >= 0.6 is 11.6 Å². The van der Waals surface area contributed by atoms with Crippen LogP contribution in [0.3, 0.4) is 0 Å². The minimum atomic E-state index is -0.529. The van der Waals surface area contributed by atoms with Crippen LogP contribution in [-0.4, -0.2) is 34.8 Å². The number of benzene rings is 2. The first-order chi connectivity index (χ1) is 16.4. The number of methoxy groups -OCH3 is 2. The molecule has 9 nitrogen and oxygen atoms in total. The highest BCUT2D eigenvalue weighted by atomic mass is 35.5. The average Bonchev–Trinajstić information content (AvgIpc) is 3.32. The molecule has 2 aromatic heterocycles. The van der Waals surface area contributed by atoms with E-state index in [0.717, 1.165) is 6.07 Å². The molecule has 1 N–H and O–H groups in total. The van der Waals surface area contributed by atoms with Crippen LogP contribution in [0.2, 0.25) is 5.02 Å². The van der Waals surface area contributed by atoms with E-state index in [-0.39, 0.29) is 34.5 Å². The van der Waals surface area contributed by atoms with Crippen LogP contribution in [0.5, 0.6) is 11.5 Å². The summed E-state index contributed by atoms with van der Waals surface area (Å²) in [5.74, 6) is 0.214.